The highest BCUT2D eigenvalue weighted by molar-refractivity contribution is 5.46. The molecule has 5 aliphatic carbocycles. The van der Waals surface area contributed by atoms with Gasteiger partial charge in [0.15, 0.2) is 0 Å². The van der Waals surface area contributed by atoms with E-state index in [0.29, 0.717) is 25.7 Å². The summed E-state index contributed by atoms with van der Waals surface area (Å²) in [7, 11) is 0. The molecule has 5 rings (SSSR count). The van der Waals surface area contributed by atoms with Gasteiger partial charge in [0, 0.05) is 23.7 Å². The summed E-state index contributed by atoms with van der Waals surface area (Å²) in [4.78, 5) is 0. The molecule has 0 aromatic rings. The van der Waals surface area contributed by atoms with Crippen LogP contribution in [0.3, 0.4) is 0 Å². The molecular weight excluding hydrogens is 785 g/mol. The van der Waals surface area contributed by atoms with E-state index in [0.717, 1.165) is 48.0 Å². The third-order valence-electron chi connectivity index (χ3n) is 15.0. The normalized spacial score (nSPS) is 29.4. The molecule has 1 saturated carbocycles. The van der Waals surface area contributed by atoms with Gasteiger partial charge in [0.2, 0.25) is 0 Å². The molecule has 1 fully saturated rings. The van der Waals surface area contributed by atoms with Crippen molar-refractivity contribution in [2.45, 2.75) is 214 Å². The smallest absolute Gasteiger partial charge is 0.0822 e. The van der Waals surface area contributed by atoms with Gasteiger partial charge in [-0.3, -0.25) is 0 Å². The van der Waals surface area contributed by atoms with E-state index in [1.165, 1.54) is 22.3 Å². The van der Waals surface area contributed by atoms with Crippen molar-refractivity contribution in [2.75, 3.05) is 0 Å². The summed E-state index contributed by atoms with van der Waals surface area (Å²) in [6, 6.07) is 0. The van der Waals surface area contributed by atoms with E-state index in [2.05, 4.69) is 187 Å². The van der Waals surface area contributed by atoms with Crippen molar-refractivity contribution in [1.82, 2.24) is 0 Å². The summed E-state index contributed by atoms with van der Waals surface area (Å²) < 4.78 is 0. The number of hydrogen-bond acceptors (Lipinski definition) is 4. The van der Waals surface area contributed by atoms with E-state index in [1.54, 1.807) is 0 Å². The number of aliphatic hydroxyl groups excluding tert-OH is 4. The lowest BCUT2D eigenvalue weighted by atomic mass is 9.64. The molecule has 64 heavy (non-hydrogen) atoms. The Morgan fingerprint density at radius 1 is 0.344 bits per heavy atom. The standard InChI is InChI=1S/C60H96O4/c1-53(2,3)33-57(13,14)45-25-37-21-39-27-46(58(15,16)34-54(4,5)6)29-41(50(39)62)23-43-31-48(60(19,20)36-56(10,11)12)32-44(52(43)64)24-42-30-47(59(17,18)35-55(7,8)9)28-40(51(42)63)22-38(26-45)49(37)61/h25-32,37,39-40,43,49-52,61-64H,21-24,33-36H2,1-20H3. The Hall–Kier alpha value is -2.24. The van der Waals surface area contributed by atoms with Crippen LogP contribution in [0.1, 0.15) is 190 Å². The maximum absolute atomic E-state index is 12.7. The van der Waals surface area contributed by atoms with E-state index in [4.69, 9.17) is 0 Å². The van der Waals surface area contributed by atoms with Gasteiger partial charge in [-0.05, 0) is 139 Å². The van der Waals surface area contributed by atoms with Gasteiger partial charge >= 0.3 is 0 Å². The van der Waals surface area contributed by atoms with Gasteiger partial charge in [0.05, 0.1) is 24.4 Å². The summed E-state index contributed by atoms with van der Waals surface area (Å²) in [5.41, 5.74) is 8.45. The lowest BCUT2D eigenvalue weighted by Gasteiger charge is -2.43. The van der Waals surface area contributed by atoms with Crippen LogP contribution in [0.4, 0.5) is 0 Å². The molecule has 4 N–H and O–H groups in total. The van der Waals surface area contributed by atoms with Crippen molar-refractivity contribution in [3.63, 3.8) is 0 Å². The van der Waals surface area contributed by atoms with E-state index in [1.807, 2.05) is 0 Å². The third-order valence-corrected chi connectivity index (χ3v) is 15.0. The first kappa shape index (κ1) is 52.7. The maximum Gasteiger partial charge on any atom is 0.0822 e. The molecule has 4 heteroatoms. The first-order valence-electron chi connectivity index (χ1n) is 25.2. The zero-order chi connectivity index (χ0) is 48.6. The zero-order valence-electron chi connectivity index (χ0n) is 44.7. The summed E-state index contributed by atoms with van der Waals surface area (Å²) in [5.74, 6) is -0.948. The van der Waals surface area contributed by atoms with Gasteiger partial charge < -0.3 is 20.4 Å². The molecule has 0 saturated heterocycles. The first-order chi connectivity index (χ1) is 28.8. The third kappa shape index (κ3) is 13.0. The molecule has 0 spiro atoms. The van der Waals surface area contributed by atoms with Crippen LogP contribution in [0.15, 0.2) is 93.2 Å². The molecule has 8 unspecified atom stereocenters. The topological polar surface area (TPSA) is 80.9 Å². The Bertz CT molecular complexity index is 1840. The Balaban J connectivity index is 1.78. The van der Waals surface area contributed by atoms with Crippen LogP contribution in [-0.4, -0.2) is 44.8 Å². The van der Waals surface area contributed by atoms with E-state index >= 15 is 0 Å². The maximum atomic E-state index is 12.7. The molecule has 0 aliphatic heterocycles. The molecule has 360 valence electrons. The predicted octanol–water partition coefficient (Wildman–Crippen LogP) is 14.8. The SMILES string of the molecule is CC(C)(C)CC(C)(C)C1=CC2CC3=CC(C(C)(C)CC(C)(C)C)=CC(CC4C=C(C(C)(C)CC(C)(C)C)C=C(CC5C=C(C(C)(C)CC(C)(C)C)C=C(CC(=C1)C2O)C5O)C4O)C3O. The molecule has 8 atom stereocenters. The fourth-order valence-electron chi connectivity index (χ4n) is 13.6. The van der Waals surface area contributed by atoms with Crippen molar-refractivity contribution in [1.29, 1.82) is 0 Å². The molecule has 0 amide bonds. The summed E-state index contributed by atoms with van der Waals surface area (Å²) in [6.07, 6.45) is 21.4. The lowest BCUT2D eigenvalue weighted by Crippen LogP contribution is -2.38. The van der Waals surface area contributed by atoms with Crippen LogP contribution in [-0.2, 0) is 0 Å². The van der Waals surface area contributed by atoms with Crippen LogP contribution in [0.2, 0.25) is 0 Å². The van der Waals surface area contributed by atoms with Crippen LogP contribution < -0.4 is 0 Å². The molecule has 8 bridgehead atoms. The highest BCUT2D eigenvalue weighted by atomic mass is 16.3. The van der Waals surface area contributed by atoms with Crippen LogP contribution in [0, 0.1) is 67.0 Å². The fourth-order valence-corrected chi connectivity index (χ4v) is 13.6. The minimum absolute atomic E-state index is 0.0898. The minimum atomic E-state index is -0.770. The van der Waals surface area contributed by atoms with Gasteiger partial charge in [-0.1, -0.05) is 187 Å². The minimum Gasteiger partial charge on any atom is -0.388 e. The molecular formula is C60H96O4. The van der Waals surface area contributed by atoms with Crippen molar-refractivity contribution in [3.8, 4) is 0 Å². The highest BCUT2D eigenvalue weighted by Gasteiger charge is 2.43. The van der Waals surface area contributed by atoms with E-state index in [9.17, 15) is 20.4 Å². The average Bonchev–Trinajstić information content (AvgIpc) is 3.06. The number of aliphatic hydroxyl groups is 4. The Kier molecular flexibility index (Phi) is 14.8. The molecule has 0 aromatic carbocycles. The molecule has 4 nitrogen and oxygen atoms in total. The van der Waals surface area contributed by atoms with Crippen molar-refractivity contribution in [2.24, 2.45) is 67.0 Å². The number of hydrogen-bond donors (Lipinski definition) is 4. The Labute approximate surface area is 393 Å². The number of fused-ring (bicyclic) bond motifs is 8. The Morgan fingerprint density at radius 3 is 0.812 bits per heavy atom. The molecule has 0 heterocycles. The average molecular weight is 881 g/mol. The molecule has 5 aliphatic rings. The van der Waals surface area contributed by atoms with Crippen molar-refractivity contribution < 1.29 is 20.4 Å². The summed E-state index contributed by atoms with van der Waals surface area (Å²) in [5, 5.41) is 50.8. The monoisotopic (exact) mass is 881 g/mol. The highest BCUT2D eigenvalue weighted by Crippen LogP contribution is 2.51. The fraction of sp³-hybridized carbons (Fsp3) is 0.733. The first-order valence-corrected chi connectivity index (χ1v) is 25.2. The van der Waals surface area contributed by atoms with Gasteiger partial charge in [0.25, 0.3) is 0 Å². The van der Waals surface area contributed by atoms with Gasteiger partial charge in [-0.25, -0.2) is 0 Å². The second kappa shape index (κ2) is 18.0. The van der Waals surface area contributed by atoms with Gasteiger partial charge in [-0.15, -0.1) is 0 Å². The van der Waals surface area contributed by atoms with E-state index < -0.39 is 24.4 Å². The summed E-state index contributed by atoms with van der Waals surface area (Å²) in [6.45, 7) is 46.4. The van der Waals surface area contributed by atoms with Crippen molar-refractivity contribution >= 4 is 0 Å². The van der Waals surface area contributed by atoms with Gasteiger partial charge in [0.1, 0.15) is 0 Å². The Morgan fingerprint density at radius 2 is 0.562 bits per heavy atom. The second-order valence-electron chi connectivity index (χ2n) is 29.1. The largest absolute Gasteiger partial charge is 0.388 e. The lowest BCUT2D eigenvalue weighted by molar-refractivity contribution is 0.0950. The molecule has 0 radical (unpaired) electrons. The summed E-state index contributed by atoms with van der Waals surface area (Å²) >= 11 is 0. The predicted molar refractivity (Wildman–Crippen MR) is 273 cm³/mol. The number of rotatable bonds is 8. The van der Waals surface area contributed by atoms with Crippen LogP contribution in [0.25, 0.3) is 0 Å². The van der Waals surface area contributed by atoms with Crippen LogP contribution >= 0.6 is 0 Å². The quantitative estimate of drug-likeness (QED) is 0.196. The van der Waals surface area contributed by atoms with E-state index in [-0.39, 0.29) is 67.0 Å². The van der Waals surface area contributed by atoms with Crippen LogP contribution in [0.5, 0.6) is 0 Å². The zero-order valence-corrected chi connectivity index (χ0v) is 44.7. The van der Waals surface area contributed by atoms with Crippen molar-refractivity contribution in [3.05, 3.63) is 93.2 Å². The molecule has 0 aromatic heterocycles. The number of allylic oxidation sites excluding steroid dienone is 8. The van der Waals surface area contributed by atoms with Gasteiger partial charge in [-0.2, -0.15) is 0 Å². The second-order valence-corrected chi connectivity index (χ2v) is 29.1.